The Balaban J connectivity index is 1.31. The fourth-order valence-corrected chi connectivity index (χ4v) is 7.21. The molecule has 4 fully saturated rings. The van der Waals surface area contributed by atoms with Gasteiger partial charge in [-0.15, -0.1) is 0 Å². The Morgan fingerprint density at radius 1 is 0.696 bits per heavy atom. The van der Waals surface area contributed by atoms with Gasteiger partial charge in [-0.1, -0.05) is 95.5 Å². The van der Waals surface area contributed by atoms with E-state index < -0.39 is 88.6 Å². The molecule has 1 amide bonds. The smallest absolute Gasteiger partial charge is 0.306 e. The molecule has 14 nitrogen and oxygen atoms in total. The maximum Gasteiger partial charge on any atom is 0.306 e. The van der Waals surface area contributed by atoms with Crippen LogP contribution in [0.1, 0.15) is 58.6 Å². The highest BCUT2D eigenvalue weighted by molar-refractivity contribution is 6.76. The summed E-state index contributed by atoms with van der Waals surface area (Å²) < 4.78 is 60.5. The van der Waals surface area contributed by atoms with Crippen LogP contribution in [0.25, 0.3) is 0 Å². The van der Waals surface area contributed by atoms with Crippen LogP contribution < -0.4 is 5.32 Å². The molecule has 0 radical (unpaired) electrons. The first-order valence-corrected chi connectivity index (χ1v) is 19.6. The summed E-state index contributed by atoms with van der Waals surface area (Å²) >= 11 is 18.2. The number of carbonyl (C=O) groups excluding carboxylic acids is 3. The van der Waals surface area contributed by atoms with E-state index in [2.05, 4.69) is 5.32 Å². The summed E-state index contributed by atoms with van der Waals surface area (Å²) in [5.41, 5.74) is 1.65. The Kier molecular flexibility index (Phi) is 14.0. The van der Waals surface area contributed by atoms with E-state index in [0.717, 1.165) is 11.1 Å². The summed E-state index contributed by atoms with van der Waals surface area (Å²) in [7, 11) is 0. The molecule has 0 bridgehead atoms. The van der Waals surface area contributed by atoms with Gasteiger partial charge in [0.25, 0.3) is 9.70 Å². The molecular weight excluding hydrogens is 797 g/mol. The first-order valence-electron chi connectivity index (χ1n) is 18.5. The second-order valence-electron chi connectivity index (χ2n) is 15.0. The Morgan fingerprint density at radius 3 is 1.88 bits per heavy atom. The molecule has 56 heavy (non-hydrogen) atoms. The Bertz CT molecular complexity index is 1650. The molecular formula is C39H48Cl3NO13. The van der Waals surface area contributed by atoms with Gasteiger partial charge in [0.2, 0.25) is 0 Å². The molecule has 4 aliphatic rings. The lowest BCUT2D eigenvalue weighted by molar-refractivity contribution is -0.304. The van der Waals surface area contributed by atoms with Crippen LogP contribution in [0.3, 0.4) is 0 Å². The van der Waals surface area contributed by atoms with Crippen LogP contribution in [0.15, 0.2) is 60.7 Å². The molecule has 6 rings (SSSR count). The molecule has 4 aliphatic heterocycles. The number of esters is 1. The summed E-state index contributed by atoms with van der Waals surface area (Å²) in [6.45, 7) is 8.22. The van der Waals surface area contributed by atoms with Crippen LogP contribution in [0.5, 0.6) is 0 Å². The fraction of sp³-hybridized carbons (Fsp3) is 0.615. The number of amides is 1. The van der Waals surface area contributed by atoms with E-state index in [4.69, 9.17) is 82.2 Å². The van der Waals surface area contributed by atoms with Gasteiger partial charge in [0.05, 0.1) is 26.2 Å². The number of Topliss-reactive ketones (excluding diaryl/α,β-unsaturated/α-hetero) is 1. The van der Waals surface area contributed by atoms with Gasteiger partial charge in [-0.05, 0) is 45.7 Å². The highest BCUT2D eigenvalue weighted by Gasteiger charge is 2.61. The number of benzene rings is 2. The van der Waals surface area contributed by atoms with Gasteiger partial charge in [-0.3, -0.25) is 9.59 Å². The molecule has 1 N–H and O–H groups in total. The van der Waals surface area contributed by atoms with Crippen molar-refractivity contribution in [3.05, 3.63) is 71.8 Å². The first-order chi connectivity index (χ1) is 26.5. The lowest BCUT2D eigenvalue weighted by atomic mass is 9.95. The normalized spacial score (nSPS) is 31.9. The number of rotatable bonds is 15. The Labute approximate surface area is 340 Å². The number of ether oxygens (including phenoxy) is 10. The number of fused-ring (bicyclic) bond motifs is 3. The molecule has 10 atom stereocenters. The summed E-state index contributed by atoms with van der Waals surface area (Å²) in [4.78, 5) is 37.8. The average molecular weight is 845 g/mol. The lowest BCUT2D eigenvalue weighted by Crippen LogP contribution is -2.67. The topological polar surface area (TPSA) is 156 Å². The van der Waals surface area contributed by atoms with E-state index in [1.54, 1.807) is 27.7 Å². The SMILES string of the molecule is CC(=O)CCC(=O)OC[C@H]1O[C@@H](OC[C@H]2O[C@@H]3OC(C)(C)O[C@@H]3[C@H]3OC(C)(C)O[C@H]32)[C@H](NC(=O)C(Cl)(Cl)Cl)[C@@H](OCc2ccccc2)[C@@H]1OCc1ccccc1. The molecule has 4 heterocycles. The highest BCUT2D eigenvalue weighted by Crippen LogP contribution is 2.44. The number of hydrogen-bond acceptors (Lipinski definition) is 13. The van der Waals surface area contributed by atoms with Crippen molar-refractivity contribution in [2.75, 3.05) is 13.2 Å². The van der Waals surface area contributed by atoms with Gasteiger partial charge in [0.1, 0.15) is 61.2 Å². The van der Waals surface area contributed by atoms with E-state index >= 15 is 0 Å². The van der Waals surface area contributed by atoms with E-state index in [-0.39, 0.29) is 45.1 Å². The molecule has 0 unspecified atom stereocenters. The Hall–Kier alpha value is -2.44. The molecule has 2 aromatic carbocycles. The van der Waals surface area contributed by atoms with Gasteiger partial charge in [0, 0.05) is 6.42 Å². The van der Waals surface area contributed by atoms with Crippen molar-refractivity contribution < 1.29 is 61.8 Å². The molecule has 2 aromatic rings. The third-order valence-corrected chi connectivity index (χ3v) is 10.1. The quantitative estimate of drug-likeness (QED) is 0.188. The first kappa shape index (κ1) is 43.1. The molecule has 17 heteroatoms. The number of halogens is 3. The number of nitrogens with one attached hydrogen (secondary N) is 1. The zero-order valence-corrected chi connectivity index (χ0v) is 34.0. The molecule has 0 saturated carbocycles. The molecule has 0 aromatic heterocycles. The number of carbonyl (C=O) groups is 3. The van der Waals surface area contributed by atoms with Crippen molar-refractivity contribution in [2.45, 2.75) is 137 Å². The highest BCUT2D eigenvalue weighted by atomic mass is 35.6. The van der Waals surface area contributed by atoms with E-state index in [0.29, 0.717) is 0 Å². The zero-order valence-electron chi connectivity index (χ0n) is 31.7. The zero-order chi connectivity index (χ0) is 40.3. The van der Waals surface area contributed by atoms with Crippen LogP contribution in [0.2, 0.25) is 0 Å². The van der Waals surface area contributed by atoms with Crippen molar-refractivity contribution in [2.24, 2.45) is 0 Å². The van der Waals surface area contributed by atoms with Gasteiger partial charge < -0.3 is 57.5 Å². The number of ketones is 1. The monoisotopic (exact) mass is 843 g/mol. The minimum atomic E-state index is -2.38. The maximum absolute atomic E-state index is 13.4. The molecule has 308 valence electrons. The molecule has 0 spiro atoms. The van der Waals surface area contributed by atoms with Crippen LogP contribution >= 0.6 is 34.8 Å². The minimum absolute atomic E-state index is 0.0118. The van der Waals surface area contributed by atoms with Crippen LogP contribution in [-0.4, -0.2) is 108 Å². The largest absolute Gasteiger partial charge is 0.463 e. The van der Waals surface area contributed by atoms with E-state index in [1.165, 1.54) is 6.92 Å². The van der Waals surface area contributed by atoms with Crippen molar-refractivity contribution in [3.63, 3.8) is 0 Å². The second kappa shape index (κ2) is 18.2. The predicted molar refractivity (Wildman–Crippen MR) is 200 cm³/mol. The van der Waals surface area contributed by atoms with Gasteiger partial charge in [-0.25, -0.2) is 0 Å². The number of hydrogen-bond donors (Lipinski definition) is 1. The predicted octanol–water partition coefficient (Wildman–Crippen LogP) is 5.06. The standard InChI is InChI=1S/C39H48Cl3NO13/c1-22(44)16-17-27(45)47-20-25-29(48-18-23-12-8-6-9-13-23)31(49-19-24-14-10-7-11-15-24)28(43-36(46)39(40,41)42)34(51-25)50-21-26-30-32(54-37(2,3)53-30)33-35(52-26)56-38(4,5)55-33/h6-15,25-26,28-35H,16-21H2,1-5H3,(H,43,46)/t25-,26-,28-,29-,30+,31-,32+,33-,34-,35-/m1/s1. The van der Waals surface area contributed by atoms with E-state index in [9.17, 15) is 14.4 Å². The summed E-state index contributed by atoms with van der Waals surface area (Å²) in [5, 5.41) is 2.76. The fourth-order valence-electron chi connectivity index (χ4n) is 7.04. The van der Waals surface area contributed by atoms with Crippen LogP contribution in [0.4, 0.5) is 0 Å². The van der Waals surface area contributed by atoms with E-state index in [1.807, 2.05) is 60.7 Å². The lowest BCUT2D eigenvalue weighted by Gasteiger charge is -2.47. The Morgan fingerprint density at radius 2 is 1.27 bits per heavy atom. The van der Waals surface area contributed by atoms with Crippen molar-refractivity contribution >= 4 is 52.5 Å². The van der Waals surface area contributed by atoms with Crippen LogP contribution in [0, 0.1) is 0 Å². The van der Waals surface area contributed by atoms with Crippen molar-refractivity contribution in [1.82, 2.24) is 5.32 Å². The van der Waals surface area contributed by atoms with Gasteiger partial charge in [-0.2, -0.15) is 0 Å². The molecule has 4 saturated heterocycles. The van der Waals surface area contributed by atoms with Gasteiger partial charge in [0.15, 0.2) is 24.2 Å². The van der Waals surface area contributed by atoms with Gasteiger partial charge >= 0.3 is 5.97 Å². The maximum atomic E-state index is 13.4. The third kappa shape index (κ3) is 11.2. The second-order valence-corrected chi connectivity index (χ2v) is 17.3. The van der Waals surface area contributed by atoms with Crippen LogP contribution in [-0.2, 0) is 75.0 Å². The number of alkyl halides is 3. The van der Waals surface area contributed by atoms with Crippen molar-refractivity contribution in [3.8, 4) is 0 Å². The summed E-state index contributed by atoms with van der Waals surface area (Å²) in [6.07, 6.45) is -7.85. The third-order valence-electron chi connectivity index (χ3n) is 9.54. The summed E-state index contributed by atoms with van der Waals surface area (Å²) in [5.74, 6) is -3.67. The molecule has 0 aliphatic carbocycles. The summed E-state index contributed by atoms with van der Waals surface area (Å²) in [6, 6.07) is 17.6. The van der Waals surface area contributed by atoms with Crippen molar-refractivity contribution in [1.29, 1.82) is 0 Å². The minimum Gasteiger partial charge on any atom is -0.463 e. The average Bonchev–Trinajstić information content (AvgIpc) is 3.65.